The van der Waals surface area contributed by atoms with Crippen LogP contribution >= 0.6 is 11.6 Å². The zero-order valence-corrected chi connectivity index (χ0v) is 9.08. The fraction of sp³-hybridized carbons (Fsp3) is 0.300. The first-order chi connectivity index (χ1) is 7.00. The van der Waals surface area contributed by atoms with Crippen molar-refractivity contribution in [2.24, 2.45) is 0 Å². The fourth-order valence-corrected chi connectivity index (χ4v) is 1.15. The summed E-state index contributed by atoms with van der Waals surface area (Å²) >= 11 is 5.72. The minimum absolute atomic E-state index is 0.210. The van der Waals surface area contributed by atoms with E-state index >= 15 is 0 Å². The number of amides is 1. The van der Waals surface area contributed by atoms with Crippen LogP contribution in [0.15, 0.2) is 18.2 Å². The van der Waals surface area contributed by atoms with Crippen LogP contribution in [0, 0.1) is 0 Å². The van der Waals surface area contributed by atoms with Gasteiger partial charge in [-0.25, -0.2) is 0 Å². The molecule has 0 aliphatic rings. The van der Waals surface area contributed by atoms with Gasteiger partial charge in [-0.2, -0.15) is 0 Å². The monoisotopic (exact) mass is 228 g/mol. The highest BCUT2D eigenvalue weighted by molar-refractivity contribution is 6.33. The molecule has 0 aliphatic carbocycles. The average molecular weight is 229 g/mol. The molecule has 0 saturated heterocycles. The van der Waals surface area contributed by atoms with Crippen molar-refractivity contribution in [2.75, 3.05) is 12.3 Å². The van der Waals surface area contributed by atoms with E-state index < -0.39 is 6.10 Å². The Bertz CT molecular complexity index is 366. The van der Waals surface area contributed by atoms with Crippen molar-refractivity contribution in [3.63, 3.8) is 0 Å². The highest BCUT2D eigenvalue weighted by atomic mass is 35.5. The fourth-order valence-electron chi connectivity index (χ4n) is 1.03. The van der Waals surface area contributed by atoms with E-state index in [-0.39, 0.29) is 12.5 Å². The Morgan fingerprint density at radius 1 is 1.67 bits per heavy atom. The summed E-state index contributed by atoms with van der Waals surface area (Å²) in [6, 6.07) is 4.64. The van der Waals surface area contributed by atoms with Crippen LogP contribution in [0.5, 0.6) is 0 Å². The number of aliphatic hydroxyl groups is 1. The number of anilines is 1. The van der Waals surface area contributed by atoms with Crippen LogP contribution in [0.25, 0.3) is 0 Å². The molecule has 0 aromatic heterocycles. The summed E-state index contributed by atoms with van der Waals surface area (Å²) in [7, 11) is 0. The van der Waals surface area contributed by atoms with Crippen LogP contribution in [-0.2, 0) is 0 Å². The molecule has 4 nitrogen and oxygen atoms in total. The maximum atomic E-state index is 11.5. The number of nitrogens with one attached hydrogen (secondary N) is 1. The van der Waals surface area contributed by atoms with E-state index in [4.69, 9.17) is 22.4 Å². The van der Waals surface area contributed by atoms with Gasteiger partial charge in [0.1, 0.15) is 0 Å². The van der Waals surface area contributed by atoms with Gasteiger partial charge in [0.15, 0.2) is 0 Å². The number of halogens is 1. The molecule has 82 valence electrons. The van der Waals surface area contributed by atoms with Crippen molar-refractivity contribution in [1.82, 2.24) is 5.32 Å². The number of hydrogen-bond acceptors (Lipinski definition) is 3. The largest absolute Gasteiger partial charge is 0.398 e. The molecule has 1 aromatic rings. The van der Waals surface area contributed by atoms with E-state index in [0.717, 1.165) is 0 Å². The summed E-state index contributed by atoms with van der Waals surface area (Å²) in [6.45, 7) is 1.80. The maximum Gasteiger partial charge on any atom is 0.251 e. The van der Waals surface area contributed by atoms with Crippen molar-refractivity contribution in [3.05, 3.63) is 28.8 Å². The molecule has 1 aromatic carbocycles. The Kier molecular flexibility index (Phi) is 3.94. The predicted molar refractivity (Wildman–Crippen MR) is 59.9 cm³/mol. The van der Waals surface area contributed by atoms with Crippen LogP contribution in [0.2, 0.25) is 5.02 Å². The van der Waals surface area contributed by atoms with Crippen LogP contribution in [0.1, 0.15) is 17.3 Å². The SMILES string of the molecule is C[C@@H](O)CNC(=O)c1ccc(Cl)c(N)c1. The molecule has 1 rings (SSSR count). The Balaban J connectivity index is 2.70. The zero-order chi connectivity index (χ0) is 11.4. The van der Waals surface area contributed by atoms with Gasteiger partial charge in [0, 0.05) is 12.1 Å². The predicted octanol–water partition coefficient (Wildman–Crippen LogP) is 1.03. The van der Waals surface area contributed by atoms with Crippen molar-refractivity contribution < 1.29 is 9.90 Å². The Hall–Kier alpha value is -1.26. The molecule has 0 aliphatic heterocycles. The molecule has 15 heavy (non-hydrogen) atoms. The standard InChI is InChI=1S/C10H13ClN2O2/c1-6(14)5-13-10(15)7-2-3-8(11)9(12)4-7/h2-4,6,14H,5,12H2,1H3,(H,13,15)/t6-/m1/s1. The van der Waals surface area contributed by atoms with Crippen LogP contribution < -0.4 is 11.1 Å². The number of carbonyl (C=O) groups excluding carboxylic acids is 1. The second-order valence-corrected chi connectivity index (χ2v) is 3.70. The first-order valence-electron chi connectivity index (χ1n) is 4.52. The average Bonchev–Trinajstić information content (AvgIpc) is 2.18. The summed E-state index contributed by atoms with van der Waals surface area (Å²) in [5, 5.41) is 12.0. The van der Waals surface area contributed by atoms with Gasteiger partial charge in [0.05, 0.1) is 16.8 Å². The molecule has 0 saturated carbocycles. The third-order valence-electron chi connectivity index (χ3n) is 1.82. The van der Waals surface area contributed by atoms with Gasteiger partial charge in [-0.3, -0.25) is 4.79 Å². The molecule has 5 heteroatoms. The molecular weight excluding hydrogens is 216 g/mol. The zero-order valence-electron chi connectivity index (χ0n) is 8.33. The quantitative estimate of drug-likeness (QED) is 0.677. The van der Waals surface area contributed by atoms with E-state index in [1.807, 2.05) is 0 Å². The van der Waals surface area contributed by atoms with Gasteiger partial charge < -0.3 is 16.2 Å². The van der Waals surface area contributed by atoms with Gasteiger partial charge in [0.25, 0.3) is 5.91 Å². The highest BCUT2D eigenvalue weighted by Crippen LogP contribution is 2.19. The lowest BCUT2D eigenvalue weighted by Gasteiger charge is -2.07. The number of carbonyl (C=O) groups is 1. The normalized spacial score (nSPS) is 12.2. The lowest BCUT2D eigenvalue weighted by Crippen LogP contribution is -2.30. The number of aliphatic hydroxyl groups excluding tert-OH is 1. The Labute approximate surface area is 93.0 Å². The number of hydrogen-bond donors (Lipinski definition) is 3. The van der Waals surface area contributed by atoms with Crippen LogP contribution in [-0.4, -0.2) is 23.7 Å². The maximum absolute atomic E-state index is 11.5. The second-order valence-electron chi connectivity index (χ2n) is 3.30. The van der Waals surface area contributed by atoms with Gasteiger partial charge in [-0.1, -0.05) is 11.6 Å². The molecule has 0 fully saturated rings. The molecule has 0 bridgehead atoms. The number of nitrogen functional groups attached to an aromatic ring is 1. The molecule has 0 heterocycles. The van der Waals surface area contributed by atoms with Gasteiger partial charge >= 0.3 is 0 Å². The van der Waals surface area contributed by atoms with E-state index in [2.05, 4.69) is 5.32 Å². The van der Waals surface area contributed by atoms with E-state index in [9.17, 15) is 4.79 Å². The van der Waals surface area contributed by atoms with E-state index in [1.165, 1.54) is 6.07 Å². The van der Waals surface area contributed by atoms with Gasteiger partial charge in [-0.05, 0) is 25.1 Å². The minimum atomic E-state index is -0.571. The third-order valence-corrected chi connectivity index (χ3v) is 2.16. The van der Waals surface area contributed by atoms with Gasteiger partial charge in [0.2, 0.25) is 0 Å². The third kappa shape index (κ3) is 3.42. The lowest BCUT2D eigenvalue weighted by atomic mass is 10.2. The highest BCUT2D eigenvalue weighted by Gasteiger charge is 2.07. The van der Waals surface area contributed by atoms with Crippen LogP contribution in [0.4, 0.5) is 5.69 Å². The van der Waals surface area contributed by atoms with E-state index in [1.54, 1.807) is 19.1 Å². The van der Waals surface area contributed by atoms with Crippen molar-refractivity contribution in [2.45, 2.75) is 13.0 Å². The summed E-state index contributed by atoms with van der Waals surface area (Å²) in [5.74, 6) is -0.278. The number of rotatable bonds is 3. The summed E-state index contributed by atoms with van der Waals surface area (Å²) in [5.41, 5.74) is 6.34. The molecular formula is C10H13ClN2O2. The molecule has 0 unspecified atom stereocenters. The smallest absolute Gasteiger partial charge is 0.251 e. The molecule has 1 amide bonds. The van der Waals surface area contributed by atoms with Crippen molar-refractivity contribution >= 4 is 23.2 Å². The number of nitrogens with two attached hydrogens (primary N) is 1. The Morgan fingerprint density at radius 2 is 2.33 bits per heavy atom. The topological polar surface area (TPSA) is 75.3 Å². The molecule has 0 spiro atoms. The minimum Gasteiger partial charge on any atom is -0.398 e. The van der Waals surface area contributed by atoms with Gasteiger partial charge in [-0.15, -0.1) is 0 Å². The first kappa shape index (κ1) is 11.8. The summed E-state index contributed by atoms with van der Waals surface area (Å²) in [6.07, 6.45) is -0.571. The Morgan fingerprint density at radius 3 is 2.87 bits per heavy atom. The lowest BCUT2D eigenvalue weighted by molar-refractivity contribution is 0.0924. The van der Waals surface area contributed by atoms with Crippen LogP contribution in [0.3, 0.4) is 0 Å². The second kappa shape index (κ2) is 5.00. The first-order valence-corrected chi connectivity index (χ1v) is 4.90. The molecule has 4 N–H and O–H groups in total. The molecule has 0 radical (unpaired) electrons. The summed E-state index contributed by atoms with van der Waals surface area (Å²) in [4.78, 5) is 11.5. The molecule has 1 atom stereocenters. The van der Waals surface area contributed by atoms with E-state index in [0.29, 0.717) is 16.3 Å². The number of benzene rings is 1. The van der Waals surface area contributed by atoms with Crippen molar-refractivity contribution in [3.8, 4) is 0 Å². The van der Waals surface area contributed by atoms with Crippen molar-refractivity contribution in [1.29, 1.82) is 0 Å². The summed E-state index contributed by atoms with van der Waals surface area (Å²) < 4.78 is 0.